The van der Waals surface area contributed by atoms with Gasteiger partial charge >= 0.3 is 0 Å². The van der Waals surface area contributed by atoms with E-state index in [0.29, 0.717) is 6.54 Å². The Morgan fingerprint density at radius 2 is 1.88 bits per heavy atom. The molecule has 0 rings (SSSR count). The summed E-state index contributed by atoms with van der Waals surface area (Å²) in [5.41, 5.74) is 0. The molecule has 2 N–H and O–H groups in total. The lowest BCUT2D eigenvalue weighted by atomic mass is 10.0. The maximum Gasteiger partial charge on any atom is 0.216 e. The van der Waals surface area contributed by atoms with E-state index in [1.165, 1.54) is 6.92 Å². The summed E-state index contributed by atoms with van der Waals surface area (Å²) in [6.07, 6.45) is 3.83. The van der Waals surface area contributed by atoms with Crippen molar-refractivity contribution >= 4 is 21.8 Å². The predicted molar refractivity (Wildman–Crippen MR) is 70.3 cm³/mol. The Balaban J connectivity index is 4.54. The topological polar surface area (TPSA) is 66.4 Å². The predicted octanol–water partition coefficient (Wildman–Crippen LogP) is 1.21. The zero-order valence-corrected chi connectivity index (χ0v) is 12.1. The van der Waals surface area contributed by atoms with Gasteiger partial charge in [0.15, 0.2) is 0 Å². The van der Waals surface area contributed by atoms with Gasteiger partial charge in [-0.2, -0.15) is 11.8 Å². The lowest BCUT2D eigenvalue weighted by molar-refractivity contribution is 0.294. The Labute approximate surface area is 103 Å². The van der Waals surface area contributed by atoms with Crippen LogP contribution in [0.25, 0.3) is 0 Å². The molecule has 0 aromatic rings. The zero-order valence-electron chi connectivity index (χ0n) is 10.5. The van der Waals surface area contributed by atoms with Crippen molar-refractivity contribution in [2.45, 2.75) is 43.6 Å². The summed E-state index contributed by atoms with van der Waals surface area (Å²) >= 11 is 1.69. The summed E-state index contributed by atoms with van der Waals surface area (Å²) in [4.78, 5) is 0. The van der Waals surface area contributed by atoms with E-state index in [1.54, 1.807) is 11.8 Å². The van der Waals surface area contributed by atoms with Gasteiger partial charge in [0.25, 0.3) is 0 Å². The summed E-state index contributed by atoms with van der Waals surface area (Å²) in [7, 11) is -3.39. The first kappa shape index (κ1) is 16.2. The molecule has 0 bridgehead atoms. The van der Waals surface area contributed by atoms with Gasteiger partial charge in [0.05, 0.1) is 11.9 Å². The number of sulfonamides is 1. The fraction of sp³-hybridized carbons (Fsp3) is 1.00. The Hall–Kier alpha value is 0.220. The number of hydrogen-bond donors (Lipinski definition) is 2. The Kier molecular flexibility index (Phi) is 6.93. The van der Waals surface area contributed by atoms with Crippen LogP contribution in [0.2, 0.25) is 0 Å². The number of aliphatic hydroxyl groups is 1. The lowest BCUT2D eigenvalue weighted by Crippen LogP contribution is -2.43. The van der Waals surface area contributed by atoms with Crippen molar-refractivity contribution in [3.05, 3.63) is 0 Å². The maximum absolute atomic E-state index is 11.7. The average Bonchev–Trinajstić information content (AvgIpc) is 2.30. The second-order valence-corrected chi connectivity index (χ2v) is 7.41. The van der Waals surface area contributed by atoms with Gasteiger partial charge in [-0.3, -0.25) is 0 Å². The molecule has 4 nitrogen and oxygen atoms in total. The third kappa shape index (κ3) is 4.24. The number of thioether (sulfide) groups is 1. The maximum atomic E-state index is 11.7. The number of rotatable bonds is 8. The standard InChI is InChI=1S/C10H23NO3S2/c1-5-10(6-2,15-4)8-11-16(13,14)9(3)7-12/h9,11-12H,5-8H2,1-4H3. The van der Waals surface area contributed by atoms with Gasteiger partial charge < -0.3 is 5.11 Å². The smallest absolute Gasteiger partial charge is 0.216 e. The van der Waals surface area contributed by atoms with Crippen LogP contribution in [-0.4, -0.2) is 42.9 Å². The molecular formula is C10H23NO3S2. The van der Waals surface area contributed by atoms with Crippen LogP contribution in [0.4, 0.5) is 0 Å². The molecule has 1 unspecified atom stereocenters. The minimum absolute atomic E-state index is 0.0394. The van der Waals surface area contributed by atoms with Crippen molar-refractivity contribution in [3.8, 4) is 0 Å². The number of aliphatic hydroxyl groups excluding tert-OH is 1. The molecule has 0 amide bonds. The van der Waals surface area contributed by atoms with E-state index in [2.05, 4.69) is 18.6 Å². The van der Waals surface area contributed by atoms with Gasteiger partial charge in [-0.15, -0.1) is 0 Å². The molecule has 0 fully saturated rings. The molecule has 0 saturated heterocycles. The highest BCUT2D eigenvalue weighted by atomic mass is 32.2. The van der Waals surface area contributed by atoms with Gasteiger partial charge in [0.2, 0.25) is 10.0 Å². The lowest BCUT2D eigenvalue weighted by Gasteiger charge is -2.30. The van der Waals surface area contributed by atoms with Gasteiger partial charge in [-0.1, -0.05) is 13.8 Å². The zero-order chi connectivity index (χ0) is 12.8. The van der Waals surface area contributed by atoms with Crippen LogP contribution in [0, 0.1) is 0 Å². The van der Waals surface area contributed by atoms with Crippen LogP contribution >= 0.6 is 11.8 Å². The summed E-state index contributed by atoms with van der Waals surface area (Å²) in [6.45, 7) is 5.70. The fourth-order valence-corrected chi connectivity index (χ4v) is 3.18. The Bertz CT molecular complexity index is 278. The summed E-state index contributed by atoms with van der Waals surface area (Å²) in [5, 5.41) is 8.10. The van der Waals surface area contributed by atoms with Gasteiger partial charge in [0, 0.05) is 11.3 Å². The van der Waals surface area contributed by atoms with Crippen LogP contribution in [0.5, 0.6) is 0 Å². The molecule has 98 valence electrons. The first-order chi connectivity index (χ1) is 7.37. The summed E-state index contributed by atoms with van der Waals surface area (Å²) in [6, 6.07) is 0. The highest BCUT2D eigenvalue weighted by molar-refractivity contribution is 8.00. The molecule has 0 aromatic heterocycles. The van der Waals surface area contributed by atoms with E-state index in [0.717, 1.165) is 12.8 Å². The Morgan fingerprint density at radius 1 is 1.38 bits per heavy atom. The number of nitrogens with one attached hydrogen (secondary N) is 1. The van der Waals surface area contributed by atoms with E-state index in [9.17, 15) is 8.42 Å². The van der Waals surface area contributed by atoms with Crippen LogP contribution < -0.4 is 4.72 Å². The van der Waals surface area contributed by atoms with Crippen LogP contribution in [0.3, 0.4) is 0 Å². The summed E-state index contributed by atoms with van der Waals surface area (Å²) in [5.74, 6) is 0. The quantitative estimate of drug-likeness (QED) is 0.695. The second-order valence-electron chi connectivity index (χ2n) is 3.95. The van der Waals surface area contributed by atoms with E-state index in [-0.39, 0.29) is 11.4 Å². The minimum Gasteiger partial charge on any atom is -0.395 e. The average molecular weight is 269 g/mol. The molecule has 0 aliphatic heterocycles. The SMILES string of the molecule is CCC(CC)(CNS(=O)(=O)C(C)CO)SC. The molecular weight excluding hydrogens is 246 g/mol. The molecule has 0 radical (unpaired) electrons. The molecule has 6 heteroatoms. The van der Waals surface area contributed by atoms with Crippen LogP contribution in [0.15, 0.2) is 0 Å². The Morgan fingerprint density at radius 3 is 2.19 bits per heavy atom. The molecule has 0 aliphatic rings. The van der Waals surface area contributed by atoms with Crippen molar-refractivity contribution in [2.75, 3.05) is 19.4 Å². The van der Waals surface area contributed by atoms with Gasteiger partial charge in [-0.25, -0.2) is 13.1 Å². The van der Waals surface area contributed by atoms with Crippen molar-refractivity contribution in [2.24, 2.45) is 0 Å². The molecule has 16 heavy (non-hydrogen) atoms. The van der Waals surface area contributed by atoms with Crippen molar-refractivity contribution in [1.29, 1.82) is 0 Å². The number of hydrogen-bond acceptors (Lipinski definition) is 4. The fourth-order valence-electron chi connectivity index (χ4n) is 1.33. The highest BCUT2D eigenvalue weighted by Gasteiger charge is 2.28. The highest BCUT2D eigenvalue weighted by Crippen LogP contribution is 2.29. The third-order valence-electron chi connectivity index (χ3n) is 3.10. The molecule has 1 atom stereocenters. The van der Waals surface area contributed by atoms with Crippen molar-refractivity contribution in [1.82, 2.24) is 4.72 Å². The normalized spacial score (nSPS) is 15.1. The first-order valence-corrected chi connectivity index (χ1v) is 8.29. The largest absolute Gasteiger partial charge is 0.395 e. The minimum atomic E-state index is -3.39. The monoisotopic (exact) mass is 269 g/mol. The molecule has 0 spiro atoms. The van der Waals surface area contributed by atoms with Gasteiger partial charge in [0.1, 0.15) is 0 Å². The van der Waals surface area contributed by atoms with E-state index in [1.807, 2.05) is 6.26 Å². The van der Waals surface area contributed by atoms with Crippen molar-refractivity contribution < 1.29 is 13.5 Å². The van der Waals surface area contributed by atoms with Crippen molar-refractivity contribution in [3.63, 3.8) is 0 Å². The third-order valence-corrected chi connectivity index (χ3v) is 6.45. The van der Waals surface area contributed by atoms with Gasteiger partial charge in [-0.05, 0) is 26.0 Å². The van der Waals surface area contributed by atoms with Crippen LogP contribution in [0.1, 0.15) is 33.6 Å². The van der Waals surface area contributed by atoms with E-state index < -0.39 is 15.3 Å². The molecule has 0 saturated carbocycles. The van der Waals surface area contributed by atoms with E-state index in [4.69, 9.17) is 5.11 Å². The van der Waals surface area contributed by atoms with Crippen LogP contribution in [-0.2, 0) is 10.0 Å². The molecule has 0 aromatic carbocycles. The molecule has 0 heterocycles. The first-order valence-electron chi connectivity index (χ1n) is 5.52. The molecule has 0 aliphatic carbocycles. The summed E-state index contributed by atoms with van der Waals surface area (Å²) < 4.78 is 25.9. The van der Waals surface area contributed by atoms with E-state index >= 15 is 0 Å². The second kappa shape index (κ2) is 6.83.